The number of carbonyl (C=O) groups excluding carboxylic acids is 4. The van der Waals surface area contributed by atoms with Crippen molar-refractivity contribution in [1.82, 2.24) is 0 Å². The van der Waals surface area contributed by atoms with Gasteiger partial charge in [-0.1, -0.05) is 24.3 Å². The topological polar surface area (TPSA) is 92.3 Å². The van der Waals surface area contributed by atoms with Crippen LogP contribution in [0.1, 0.15) is 31.8 Å². The van der Waals surface area contributed by atoms with Gasteiger partial charge in [0.05, 0.1) is 22.5 Å². The minimum absolute atomic E-state index is 0.109. The fourth-order valence-corrected chi connectivity index (χ4v) is 3.87. The molecule has 48 heavy (non-hydrogen) atoms. The molecule has 0 atom stereocenters. The molecular formula is C24H8F18N2O4. The van der Waals surface area contributed by atoms with E-state index in [1.165, 1.54) is 0 Å². The summed E-state index contributed by atoms with van der Waals surface area (Å²) in [6, 6.07) is 3.18. The molecule has 24 heteroatoms. The molecular weight excluding hydrogens is 722 g/mol. The van der Waals surface area contributed by atoms with Crippen molar-refractivity contribution in [3.63, 3.8) is 0 Å². The molecule has 0 saturated heterocycles. The van der Waals surface area contributed by atoms with Crippen LogP contribution in [0.4, 0.5) is 90.4 Å². The molecule has 2 N–H and O–H groups in total. The number of ketones is 2. The van der Waals surface area contributed by atoms with Gasteiger partial charge in [0, 0.05) is 11.1 Å². The van der Waals surface area contributed by atoms with Gasteiger partial charge in [0.2, 0.25) is 0 Å². The summed E-state index contributed by atoms with van der Waals surface area (Å²) < 4.78 is 239. The van der Waals surface area contributed by atoms with Gasteiger partial charge in [-0.25, -0.2) is 0 Å². The smallest absolute Gasteiger partial charge is 0.320 e. The maximum atomic E-state index is 14.2. The average Bonchev–Trinajstić information content (AvgIpc) is 2.94. The number of fused-ring (bicyclic) bond motifs is 2. The highest BCUT2D eigenvalue weighted by molar-refractivity contribution is 6.32. The van der Waals surface area contributed by atoms with Crippen molar-refractivity contribution >= 4 is 34.8 Å². The molecule has 0 unspecified atom stereocenters. The van der Waals surface area contributed by atoms with Crippen LogP contribution in [-0.4, -0.2) is 71.3 Å². The first-order valence-corrected chi connectivity index (χ1v) is 11.7. The third-order valence-electron chi connectivity index (χ3n) is 6.43. The Morgan fingerprint density at radius 3 is 0.958 bits per heavy atom. The van der Waals surface area contributed by atoms with E-state index in [1.807, 2.05) is 0 Å². The van der Waals surface area contributed by atoms with Crippen LogP contribution >= 0.6 is 0 Å². The Morgan fingerprint density at radius 1 is 0.438 bits per heavy atom. The van der Waals surface area contributed by atoms with Crippen LogP contribution in [0, 0.1) is 0 Å². The SMILES string of the molecule is O=C1c2ccccc2C(=O)c2c(NC(=O)C(F)(F)C(F)(F)C(F)(F)C(F)(F)F)ccc(NC(=O)C(F)(F)C(F)(F)C(F)(F)C(F)(F)F)c21. The van der Waals surface area contributed by atoms with Crippen LogP contribution < -0.4 is 10.6 Å². The van der Waals surface area contributed by atoms with Gasteiger partial charge in [-0.3, -0.25) is 19.2 Å². The lowest BCUT2D eigenvalue weighted by molar-refractivity contribution is -0.388. The van der Waals surface area contributed by atoms with Crippen molar-refractivity contribution in [3.05, 3.63) is 58.7 Å². The van der Waals surface area contributed by atoms with E-state index in [9.17, 15) is 98.2 Å². The van der Waals surface area contributed by atoms with E-state index in [2.05, 4.69) is 0 Å². The first kappa shape index (κ1) is 37.9. The van der Waals surface area contributed by atoms with E-state index in [1.54, 1.807) is 0 Å². The summed E-state index contributed by atoms with van der Waals surface area (Å²) in [5.41, 5.74) is -8.32. The number of halogens is 18. The molecule has 0 fully saturated rings. The molecule has 3 rings (SSSR count). The summed E-state index contributed by atoms with van der Waals surface area (Å²) in [4.78, 5) is 50.2. The number of anilines is 2. The van der Waals surface area contributed by atoms with Crippen LogP contribution in [0.2, 0.25) is 0 Å². The molecule has 6 nitrogen and oxygen atoms in total. The third kappa shape index (κ3) is 5.27. The Kier molecular flexibility index (Phi) is 8.69. The normalized spacial score (nSPS) is 15.1. The second-order valence-corrected chi connectivity index (χ2v) is 9.46. The van der Waals surface area contributed by atoms with Gasteiger partial charge >= 0.3 is 59.7 Å². The zero-order chi connectivity index (χ0) is 37.4. The number of amides is 2. The summed E-state index contributed by atoms with van der Waals surface area (Å²) in [5.74, 6) is -55.3. The van der Waals surface area contributed by atoms with Gasteiger partial charge < -0.3 is 10.6 Å². The lowest BCUT2D eigenvalue weighted by Crippen LogP contribution is -2.64. The van der Waals surface area contributed by atoms with E-state index < -0.39 is 105 Å². The highest BCUT2D eigenvalue weighted by Crippen LogP contribution is 2.55. The summed E-state index contributed by atoms with van der Waals surface area (Å²) in [6.45, 7) is 0. The van der Waals surface area contributed by atoms with Crippen LogP contribution in [0.5, 0.6) is 0 Å². The number of hydrogen-bond donors (Lipinski definition) is 2. The van der Waals surface area contributed by atoms with Gasteiger partial charge in [0.25, 0.3) is 0 Å². The standard InChI is InChI=1S/C24H8F18N2O4/c25-17(26,19(29,30)21(33,34)23(37,38)39)15(47)43-9-5-6-10(12-11(9)13(45)7-3-1-2-4-8(7)14(12)46)44-16(48)18(27,28)20(31,32)22(35,36)24(40,41)42/h1-6H,(H,43,47)(H,44,48). The summed E-state index contributed by atoms with van der Waals surface area (Å²) >= 11 is 0. The Balaban J connectivity index is 2.19. The predicted octanol–water partition coefficient (Wildman–Crippen LogP) is 7.28. The van der Waals surface area contributed by atoms with Crippen molar-refractivity contribution in [1.29, 1.82) is 0 Å². The number of nitrogens with one attached hydrogen (secondary N) is 2. The number of rotatable bonds is 8. The molecule has 0 heterocycles. The van der Waals surface area contributed by atoms with Gasteiger partial charge in [-0.15, -0.1) is 0 Å². The van der Waals surface area contributed by atoms with Gasteiger partial charge in [0.1, 0.15) is 0 Å². The lowest BCUT2D eigenvalue weighted by Gasteiger charge is -2.33. The molecule has 1 aliphatic rings. The van der Waals surface area contributed by atoms with Crippen molar-refractivity contribution in [3.8, 4) is 0 Å². The number of benzene rings is 2. The Bertz CT molecular complexity index is 1570. The summed E-state index contributed by atoms with van der Waals surface area (Å²) in [7, 11) is 0. The van der Waals surface area contributed by atoms with Gasteiger partial charge in [0.15, 0.2) is 11.6 Å². The van der Waals surface area contributed by atoms with E-state index in [0.717, 1.165) is 24.3 Å². The Hall–Kier alpha value is -4.54. The molecule has 0 spiro atoms. The van der Waals surface area contributed by atoms with Crippen molar-refractivity contribution in [2.45, 2.75) is 47.9 Å². The highest BCUT2D eigenvalue weighted by Gasteiger charge is 2.85. The van der Waals surface area contributed by atoms with Gasteiger partial charge in [-0.05, 0) is 12.1 Å². The second-order valence-electron chi connectivity index (χ2n) is 9.46. The molecule has 2 amide bonds. The zero-order valence-electron chi connectivity index (χ0n) is 21.9. The second kappa shape index (κ2) is 11.0. The monoisotopic (exact) mass is 730 g/mol. The molecule has 0 saturated carbocycles. The quantitative estimate of drug-likeness (QED) is 0.239. The van der Waals surface area contributed by atoms with E-state index >= 15 is 0 Å². The average molecular weight is 730 g/mol. The van der Waals surface area contributed by atoms with E-state index in [0.29, 0.717) is 10.6 Å². The van der Waals surface area contributed by atoms with E-state index in [-0.39, 0.29) is 12.1 Å². The minimum atomic E-state index is -7.60. The van der Waals surface area contributed by atoms with Crippen LogP contribution in [0.25, 0.3) is 0 Å². The summed E-state index contributed by atoms with van der Waals surface area (Å²) in [5, 5.41) is 1.29. The first-order valence-electron chi connectivity index (χ1n) is 11.7. The molecule has 2 aromatic rings. The Labute approximate surface area is 251 Å². The van der Waals surface area contributed by atoms with Crippen LogP contribution in [-0.2, 0) is 9.59 Å². The maximum Gasteiger partial charge on any atom is 0.460 e. The lowest BCUT2D eigenvalue weighted by atomic mass is 9.82. The third-order valence-corrected chi connectivity index (χ3v) is 6.43. The summed E-state index contributed by atoms with van der Waals surface area (Å²) in [6.07, 6.45) is -14.8. The maximum absolute atomic E-state index is 14.2. The fourth-order valence-electron chi connectivity index (χ4n) is 3.87. The molecule has 0 aromatic heterocycles. The van der Waals surface area contributed by atoms with Gasteiger partial charge in [-0.2, -0.15) is 79.0 Å². The zero-order valence-corrected chi connectivity index (χ0v) is 21.9. The van der Waals surface area contributed by atoms with Crippen LogP contribution in [0.3, 0.4) is 0 Å². The van der Waals surface area contributed by atoms with Crippen LogP contribution in [0.15, 0.2) is 36.4 Å². The highest BCUT2D eigenvalue weighted by atomic mass is 19.4. The molecule has 264 valence electrons. The Morgan fingerprint density at radius 2 is 0.708 bits per heavy atom. The van der Waals surface area contributed by atoms with E-state index in [4.69, 9.17) is 0 Å². The predicted molar refractivity (Wildman–Crippen MR) is 119 cm³/mol. The molecule has 0 aliphatic heterocycles. The molecule has 2 aromatic carbocycles. The number of carbonyl (C=O) groups is 4. The fraction of sp³-hybridized carbons (Fsp3) is 0.333. The van der Waals surface area contributed by atoms with Crippen molar-refractivity contribution in [2.75, 3.05) is 10.6 Å². The largest absolute Gasteiger partial charge is 0.460 e. The first-order chi connectivity index (χ1) is 21.3. The van der Waals surface area contributed by atoms with Crippen molar-refractivity contribution in [2.24, 2.45) is 0 Å². The number of hydrogen-bond acceptors (Lipinski definition) is 4. The minimum Gasteiger partial charge on any atom is -0.320 e. The molecule has 1 aliphatic carbocycles. The molecule has 0 bridgehead atoms. The molecule has 0 radical (unpaired) electrons. The van der Waals surface area contributed by atoms with Crippen molar-refractivity contribution < 1.29 is 98.2 Å². The number of alkyl halides is 18.